The first-order valence-corrected chi connectivity index (χ1v) is 9.77. The Morgan fingerprint density at radius 1 is 1.29 bits per heavy atom. The van der Waals surface area contributed by atoms with E-state index in [0.717, 1.165) is 31.2 Å². The number of hydrogen-bond donors (Lipinski definition) is 2. The molecule has 8 heteroatoms. The standard InChI is InChI=1S/C16H23N3O3S.ClH/c1-10-3-4-11(7-15(10)18-23(2,21)22)16(20)19-8-12-5-6-14(17)13(12)9-19;/h3-4,7,12-14,18H,5-6,8-9,17H2,1-2H3;1H. The van der Waals surface area contributed by atoms with Crippen LogP contribution in [0.3, 0.4) is 0 Å². The lowest BCUT2D eigenvalue weighted by atomic mass is 9.98. The fourth-order valence-electron chi connectivity index (χ4n) is 3.72. The van der Waals surface area contributed by atoms with Gasteiger partial charge in [-0.3, -0.25) is 9.52 Å². The van der Waals surface area contributed by atoms with Crippen molar-refractivity contribution in [2.45, 2.75) is 25.8 Å². The predicted molar refractivity (Wildman–Crippen MR) is 97.0 cm³/mol. The van der Waals surface area contributed by atoms with E-state index in [1.165, 1.54) is 0 Å². The number of nitrogens with one attached hydrogen (secondary N) is 1. The van der Waals surface area contributed by atoms with E-state index in [1.807, 2.05) is 4.90 Å². The number of aryl methyl sites for hydroxylation is 1. The Labute approximate surface area is 149 Å². The number of benzene rings is 1. The van der Waals surface area contributed by atoms with Crippen LogP contribution >= 0.6 is 12.4 Å². The molecule has 3 N–H and O–H groups in total. The lowest BCUT2D eigenvalue weighted by molar-refractivity contribution is 0.0779. The third-order valence-corrected chi connectivity index (χ3v) is 5.57. The molecule has 1 saturated heterocycles. The minimum atomic E-state index is -3.37. The average molecular weight is 374 g/mol. The van der Waals surface area contributed by atoms with E-state index in [-0.39, 0.29) is 24.4 Å². The summed E-state index contributed by atoms with van der Waals surface area (Å²) in [5.41, 5.74) is 7.87. The highest BCUT2D eigenvalue weighted by Crippen LogP contribution is 2.37. The second-order valence-electron chi connectivity index (χ2n) is 6.78. The van der Waals surface area contributed by atoms with E-state index in [2.05, 4.69) is 4.72 Å². The van der Waals surface area contributed by atoms with Gasteiger partial charge < -0.3 is 10.6 Å². The first-order chi connectivity index (χ1) is 10.7. The summed E-state index contributed by atoms with van der Waals surface area (Å²) in [7, 11) is -3.37. The van der Waals surface area contributed by atoms with E-state index in [1.54, 1.807) is 25.1 Å². The maximum atomic E-state index is 12.7. The van der Waals surface area contributed by atoms with Crippen molar-refractivity contribution in [3.8, 4) is 0 Å². The van der Waals surface area contributed by atoms with Gasteiger partial charge in [-0.15, -0.1) is 12.4 Å². The topological polar surface area (TPSA) is 92.5 Å². The lowest BCUT2D eigenvalue weighted by Crippen LogP contribution is -2.33. The summed E-state index contributed by atoms with van der Waals surface area (Å²) in [5, 5.41) is 0. The van der Waals surface area contributed by atoms with Gasteiger partial charge in [0.2, 0.25) is 10.0 Å². The molecule has 1 heterocycles. The Hall–Kier alpha value is -1.31. The number of halogens is 1. The van der Waals surface area contributed by atoms with Crippen LogP contribution < -0.4 is 10.5 Å². The summed E-state index contributed by atoms with van der Waals surface area (Å²) in [6.07, 6.45) is 3.23. The Morgan fingerprint density at radius 3 is 2.62 bits per heavy atom. The van der Waals surface area contributed by atoms with Crippen molar-refractivity contribution in [3.63, 3.8) is 0 Å². The zero-order chi connectivity index (χ0) is 16.8. The van der Waals surface area contributed by atoms with Gasteiger partial charge in [-0.05, 0) is 49.3 Å². The first kappa shape index (κ1) is 19.0. The largest absolute Gasteiger partial charge is 0.338 e. The third kappa shape index (κ3) is 3.84. The molecule has 6 nitrogen and oxygen atoms in total. The van der Waals surface area contributed by atoms with Crippen molar-refractivity contribution in [2.24, 2.45) is 17.6 Å². The second-order valence-corrected chi connectivity index (χ2v) is 8.53. The number of amides is 1. The molecule has 134 valence electrons. The molecule has 1 aromatic rings. The number of likely N-dealkylation sites (tertiary alicyclic amines) is 1. The molecule has 0 aromatic heterocycles. The molecule has 1 saturated carbocycles. The average Bonchev–Trinajstić information content (AvgIpc) is 3.02. The number of fused-ring (bicyclic) bond motifs is 1. The molecule has 2 aliphatic rings. The molecule has 1 aromatic carbocycles. The number of sulfonamides is 1. The molecule has 1 aliphatic carbocycles. The summed E-state index contributed by atoms with van der Waals surface area (Å²) < 4.78 is 25.3. The molecular formula is C16H24ClN3O3S. The Kier molecular flexibility index (Phi) is 5.47. The van der Waals surface area contributed by atoms with Crippen LogP contribution in [0.2, 0.25) is 0 Å². The Morgan fingerprint density at radius 2 is 2.00 bits per heavy atom. The Bertz CT molecular complexity index is 738. The second kappa shape index (κ2) is 6.90. The SMILES string of the molecule is Cc1ccc(C(=O)N2CC3CCC(N)C3C2)cc1NS(C)(=O)=O.Cl. The number of nitrogens with two attached hydrogens (primary N) is 1. The van der Waals surface area contributed by atoms with Crippen LogP contribution in [0.15, 0.2) is 18.2 Å². The highest BCUT2D eigenvalue weighted by atomic mass is 35.5. The van der Waals surface area contributed by atoms with E-state index >= 15 is 0 Å². The van der Waals surface area contributed by atoms with Crippen molar-refractivity contribution in [1.82, 2.24) is 4.90 Å². The molecule has 0 spiro atoms. The highest BCUT2D eigenvalue weighted by molar-refractivity contribution is 7.92. The van der Waals surface area contributed by atoms with E-state index < -0.39 is 10.0 Å². The van der Waals surface area contributed by atoms with Crippen LogP contribution in [0.5, 0.6) is 0 Å². The monoisotopic (exact) mass is 373 g/mol. The molecule has 3 atom stereocenters. The fourth-order valence-corrected chi connectivity index (χ4v) is 4.34. The van der Waals surface area contributed by atoms with E-state index in [9.17, 15) is 13.2 Å². The lowest BCUT2D eigenvalue weighted by Gasteiger charge is -2.19. The minimum absolute atomic E-state index is 0. The molecule has 3 unspecified atom stereocenters. The van der Waals surface area contributed by atoms with Crippen LogP contribution in [0.1, 0.15) is 28.8 Å². The zero-order valence-electron chi connectivity index (χ0n) is 13.9. The minimum Gasteiger partial charge on any atom is -0.338 e. The van der Waals surface area contributed by atoms with Crippen LogP contribution in [-0.2, 0) is 10.0 Å². The maximum absolute atomic E-state index is 12.7. The van der Waals surface area contributed by atoms with Crippen molar-refractivity contribution >= 4 is 34.0 Å². The molecule has 24 heavy (non-hydrogen) atoms. The highest BCUT2D eigenvalue weighted by Gasteiger charge is 2.42. The summed E-state index contributed by atoms with van der Waals surface area (Å²) in [6, 6.07) is 5.33. The van der Waals surface area contributed by atoms with Crippen molar-refractivity contribution in [3.05, 3.63) is 29.3 Å². The molecule has 1 aliphatic heterocycles. The number of carbonyl (C=O) groups excluding carboxylic acids is 1. The van der Waals surface area contributed by atoms with Gasteiger partial charge in [0.1, 0.15) is 0 Å². The van der Waals surface area contributed by atoms with Gasteiger partial charge in [-0.1, -0.05) is 6.07 Å². The molecule has 3 rings (SSSR count). The van der Waals surface area contributed by atoms with E-state index in [4.69, 9.17) is 5.73 Å². The van der Waals surface area contributed by atoms with Gasteiger partial charge in [-0.25, -0.2) is 8.42 Å². The quantitative estimate of drug-likeness (QED) is 0.841. The maximum Gasteiger partial charge on any atom is 0.253 e. The van der Waals surface area contributed by atoms with Crippen molar-refractivity contribution < 1.29 is 13.2 Å². The van der Waals surface area contributed by atoms with Gasteiger partial charge >= 0.3 is 0 Å². The van der Waals surface area contributed by atoms with Crippen LogP contribution in [0, 0.1) is 18.8 Å². The Balaban J connectivity index is 0.00000208. The molecule has 1 amide bonds. The van der Waals surface area contributed by atoms with Gasteiger partial charge in [0.15, 0.2) is 0 Å². The summed E-state index contributed by atoms with van der Waals surface area (Å²) >= 11 is 0. The normalized spacial score (nSPS) is 26.0. The van der Waals surface area contributed by atoms with Gasteiger partial charge in [0.25, 0.3) is 5.91 Å². The smallest absolute Gasteiger partial charge is 0.253 e. The van der Waals surface area contributed by atoms with Crippen LogP contribution in [0.4, 0.5) is 5.69 Å². The number of carbonyl (C=O) groups is 1. The predicted octanol–water partition coefficient (Wildman–Crippen LogP) is 1.60. The summed E-state index contributed by atoms with van der Waals surface area (Å²) in [4.78, 5) is 14.6. The molecule has 0 radical (unpaired) electrons. The summed E-state index contributed by atoms with van der Waals surface area (Å²) in [5.74, 6) is 0.856. The van der Waals surface area contributed by atoms with Crippen molar-refractivity contribution in [2.75, 3.05) is 24.1 Å². The zero-order valence-corrected chi connectivity index (χ0v) is 15.5. The van der Waals surface area contributed by atoms with E-state index in [0.29, 0.717) is 29.6 Å². The third-order valence-electron chi connectivity index (χ3n) is 4.98. The van der Waals surface area contributed by atoms with Crippen molar-refractivity contribution in [1.29, 1.82) is 0 Å². The van der Waals surface area contributed by atoms with Crippen LogP contribution in [-0.4, -0.2) is 44.6 Å². The molecule has 2 fully saturated rings. The number of hydrogen-bond acceptors (Lipinski definition) is 4. The van der Waals surface area contributed by atoms with Gasteiger partial charge in [-0.2, -0.15) is 0 Å². The fraction of sp³-hybridized carbons (Fsp3) is 0.562. The molecule has 0 bridgehead atoms. The van der Waals surface area contributed by atoms with Crippen LogP contribution in [0.25, 0.3) is 0 Å². The number of rotatable bonds is 3. The van der Waals surface area contributed by atoms with Gasteiger partial charge in [0, 0.05) is 24.7 Å². The molecular weight excluding hydrogens is 350 g/mol. The summed E-state index contributed by atoms with van der Waals surface area (Å²) in [6.45, 7) is 3.26. The van der Waals surface area contributed by atoms with Gasteiger partial charge in [0.05, 0.1) is 11.9 Å². The first-order valence-electron chi connectivity index (χ1n) is 7.88. The number of anilines is 1. The number of nitrogens with zero attached hydrogens (tertiary/aromatic N) is 1.